The zero-order chi connectivity index (χ0) is 13.3. The largest absolute Gasteiger partial charge is 0.478 e. The molecule has 0 saturated carbocycles. The Hall–Kier alpha value is -1.84. The Bertz CT molecular complexity index is 474. The third-order valence-corrected chi connectivity index (χ3v) is 3.66. The minimum absolute atomic E-state index is 0.0784. The van der Waals surface area contributed by atoms with Crippen molar-refractivity contribution in [1.82, 2.24) is 4.90 Å². The highest BCUT2D eigenvalue weighted by Gasteiger charge is 2.31. The second-order valence-electron chi connectivity index (χ2n) is 5.02. The average molecular weight is 247 g/mol. The molecule has 0 spiro atoms. The summed E-state index contributed by atoms with van der Waals surface area (Å²) in [6.45, 7) is 5.63. The van der Waals surface area contributed by atoms with Gasteiger partial charge >= 0.3 is 5.97 Å². The van der Waals surface area contributed by atoms with Gasteiger partial charge in [-0.15, -0.1) is 0 Å². The molecule has 1 aromatic carbocycles. The maximum Gasteiger partial charge on any atom is 0.336 e. The molecule has 1 aliphatic heterocycles. The number of carboxylic acids is 1. The summed E-state index contributed by atoms with van der Waals surface area (Å²) >= 11 is 0. The fourth-order valence-electron chi connectivity index (χ4n) is 2.32. The highest BCUT2D eigenvalue weighted by molar-refractivity contribution is 6.04. The minimum Gasteiger partial charge on any atom is -0.478 e. The first-order valence-electron chi connectivity index (χ1n) is 6.12. The third-order valence-electron chi connectivity index (χ3n) is 3.66. The van der Waals surface area contributed by atoms with Crippen LogP contribution in [0.25, 0.3) is 0 Å². The summed E-state index contributed by atoms with van der Waals surface area (Å²) in [7, 11) is 0. The van der Waals surface area contributed by atoms with Crippen molar-refractivity contribution in [3.8, 4) is 0 Å². The van der Waals surface area contributed by atoms with E-state index in [-0.39, 0.29) is 17.0 Å². The molecule has 2 unspecified atom stereocenters. The van der Waals surface area contributed by atoms with Gasteiger partial charge < -0.3 is 10.0 Å². The van der Waals surface area contributed by atoms with E-state index in [0.717, 1.165) is 0 Å². The topological polar surface area (TPSA) is 57.6 Å². The molecule has 0 radical (unpaired) electrons. The molecule has 1 fully saturated rings. The highest BCUT2D eigenvalue weighted by atomic mass is 16.4. The van der Waals surface area contributed by atoms with Crippen molar-refractivity contribution in [3.63, 3.8) is 0 Å². The Morgan fingerprint density at radius 2 is 1.61 bits per heavy atom. The van der Waals surface area contributed by atoms with E-state index in [4.69, 9.17) is 5.11 Å². The number of nitrogens with zero attached hydrogens (tertiary/aromatic N) is 1. The van der Waals surface area contributed by atoms with Crippen molar-refractivity contribution in [2.75, 3.05) is 13.1 Å². The Kier molecular flexibility index (Phi) is 3.36. The fourth-order valence-corrected chi connectivity index (χ4v) is 2.32. The lowest BCUT2D eigenvalue weighted by molar-refractivity contribution is 0.0680. The van der Waals surface area contributed by atoms with Gasteiger partial charge in [0.2, 0.25) is 0 Å². The van der Waals surface area contributed by atoms with E-state index in [1.54, 1.807) is 23.1 Å². The number of carbonyl (C=O) groups excluding carboxylic acids is 1. The van der Waals surface area contributed by atoms with Gasteiger partial charge in [0.05, 0.1) is 11.1 Å². The normalized spacial score (nSPS) is 23.1. The molecule has 4 nitrogen and oxygen atoms in total. The standard InChI is InChI=1S/C14H17NO3/c1-9-7-15(8-10(9)2)13(16)11-5-3-4-6-12(11)14(17)18/h3-6,9-10H,7-8H2,1-2H3,(H,17,18). The molecule has 1 heterocycles. The van der Waals surface area contributed by atoms with Gasteiger partial charge in [-0.25, -0.2) is 4.79 Å². The minimum atomic E-state index is -1.06. The van der Waals surface area contributed by atoms with Crippen molar-refractivity contribution in [3.05, 3.63) is 35.4 Å². The molecule has 1 amide bonds. The van der Waals surface area contributed by atoms with Gasteiger partial charge in [0.15, 0.2) is 0 Å². The Balaban J connectivity index is 2.27. The molecule has 2 rings (SSSR count). The summed E-state index contributed by atoms with van der Waals surface area (Å²) in [6.07, 6.45) is 0. The van der Waals surface area contributed by atoms with Crippen molar-refractivity contribution >= 4 is 11.9 Å². The molecule has 1 aliphatic rings. The highest BCUT2D eigenvalue weighted by Crippen LogP contribution is 2.24. The van der Waals surface area contributed by atoms with Gasteiger partial charge in [0, 0.05) is 13.1 Å². The van der Waals surface area contributed by atoms with E-state index in [9.17, 15) is 9.59 Å². The lowest BCUT2D eigenvalue weighted by Crippen LogP contribution is -2.30. The molecule has 4 heteroatoms. The zero-order valence-electron chi connectivity index (χ0n) is 10.6. The van der Waals surface area contributed by atoms with Crippen LogP contribution in [0.2, 0.25) is 0 Å². The molecule has 1 saturated heterocycles. The van der Waals surface area contributed by atoms with Crippen LogP contribution < -0.4 is 0 Å². The van der Waals surface area contributed by atoms with E-state index >= 15 is 0 Å². The first-order valence-corrected chi connectivity index (χ1v) is 6.12. The second kappa shape index (κ2) is 4.80. The molecule has 0 aliphatic carbocycles. The van der Waals surface area contributed by atoms with Gasteiger partial charge in [0.25, 0.3) is 5.91 Å². The monoisotopic (exact) mass is 247 g/mol. The quantitative estimate of drug-likeness (QED) is 0.870. The first-order chi connectivity index (χ1) is 8.50. The van der Waals surface area contributed by atoms with E-state index in [0.29, 0.717) is 24.9 Å². The molecular formula is C14H17NO3. The Morgan fingerprint density at radius 3 is 2.11 bits per heavy atom. The molecule has 1 N–H and O–H groups in total. The predicted octanol–water partition coefficient (Wildman–Crippen LogP) is 2.11. The van der Waals surface area contributed by atoms with Crippen LogP contribution in [0.15, 0.2) is 24.3 Å². The van der Waals surface area contributed by atoms with Crippen molar-refractivity contribution in [2.24, 2.45) is 11.8 Å². The van der Waals surface area contributed by atoms with E-state index in [1.165, 1.54) is 6.07 Å². The summed E-state index contributed by atoms with van der Waals surface area (Å²) in [4.78, 5) is 25.2. The van der Waals surface area contributed by atoms with Gasteiger partial charge in [-0.3, -0.25) is 4.79 Å². The average Bonchev–Trinajstić information content (AvgIpc) is 2.68. The molecule has 1 aromatic rings. The number of carbonyl (C=O) groups is 2. The zero-order valence-corrected chi connectivity index (χ0v) is 10.6. The molecule has 96 valence electrons. The van der Waals surface area contributed by atoms with Crippen LogP contribution in [0, 0.1) is 11.8 Å². The van der Waals surface area contributed by atoms with Crippen LogP contribution in [-0.2, 0) is 0 Å². The summed E-state index contributed by atoms with van der Waals surface area (Å²) < 4.78 is 0. The Labute approximate surface area is 106 Å². The third kappa shape index (κ3) is 2.23. The number of amides is 1. The van der Waals surface area contributed by atoms with Gasteiger partial charge in [-0.1, -0.05) is 26.0 Å². The number of benzene rings is 1. The number of aromatic carboxylic acids is 1. The maximum absolute atomic E-state index is 12.3. The molecule has 2 atom stereocenters. The molecule has 0 aromatic heterocycles. The maximum atomic E-state index is 12.3. The molecule has 0 bridgehead atoms. The van der Waals surface area contributed by atoms with Crippen LogP contribution in [0.3, 0.4) is 0 Å². The molecular weight excluding hydrogens is 230 g/mol. The number of hydrogen-bond donors (Lipinski definition) is 1. The SMILES string of the molecule is CC1CN(C(=O)c2ccccc2C(=O)O)CC1C. The van der Waals surface area contributed by atoms with Gasteiger partial charge in [-0.05, 0) is 24.0 Å². The Morgan fingerprint density at radius 1 is 1.11 bits per heavy atom. The lowest BCUT2D eigenvalue weighted by Gasteiger charge is -2.17. The summed E-state index contributed by atoms with van der Waals surface area (Å²) in [6, 6.07) is 6.38. The predicted molar refractivity (Wildman–Crippen MR) is 67.6 cm³/mol. The van der Waals surface area contributed by atoms with Crippen molar-refractivity contribution < 1.29 is 14.7 Å². The van der Waals surface area contributed by atoms with Crippen LogP contribution in [0.5, 0.6) is 0 Å². The number of likely N-dealkylation sites (tertiary alicyclic amines) is 1. The van der Waals surface area contributed by atoms with Crippen molar-refractivity contribution in [2.45, 2.75) is 13.8 Å². The van der Waals surface area contributed by atoms with Crippen LogP contribution in [0.4, 0.5) is 0 Å². The van der Waals surface area contributed by atoms with Gasteiger partial charge in [-0.2, -0.15) is 0 Å². The summed E-state index contributed by atoms with van der Waals surface area (Å²) in [5, 5.41) is 9.09. The summed E-state index contributed by atoms with van der Waals surface area (Å²) in [5.41, 5.74) is 0.362. The smallest absolute Gasteiger partial charge is 0.336 e. The first kappa shape index (κ1) is 12.6. The van der Waals surface area contributed by atoms with E-state index in [1.807, 2.05) is 0 Å². The number of carboxylic acid groups (broad SMARTS) is 1. The van der Waals surface area contributed by atoms with Gasteiger partial charge in [0.1, 0.15) is 0 Å². The van der Waals surface area contributed by atoms with E-state index < -0.39 is 5.97 Å². The van der Waals surface area contributed by atoms with E-state index in [2.05, 4.69) is 13.8 Å². The second-order valence-corrected chi connectivity index (χ2v) is 5.02. The fraction of sp³-hybridized carbons (Fsp3) is 0.429. The number of rotatable bonds is 2. The lowest BCUT2D eigenvalue weighted by atomic mass is 10.0. The van der Waals surface area contributed by atoms with Crippen LogP contribution >= 0.6 is 0 Å². The van der Waals surface area contributed by atoms with Crippen LogP contribution in [-0.4, -0.2) is 35.0 Å². The van der Waals surface area contributed by atoms with Crippen LogP contribution in [0.1, 0.15) is 34.6 Å². The van der Waals surface area contributed by atoms with Crippen molar-refractivity contribution in [1.29, 1.82) is 0 Å². The molecule has 18 heavy (non-hydrogen) atoms. The number of hydrogen-bond acceptors (Lipinski definition) is 2. The summed E-state index contributed by atoms with van der Waals surface area (Å²) in [5.74, 6) is -0.305.